The largest absolute Gasteiger partial charge is 0.490 e. The molecule has 0 bridgehead atoms. The van der Waals surface area contributed by atoms with Gasteiger partial charge in [-0.15, -0.1) is 0 Å². The Morgan fingerprint density at radius 3 is 2.93 bits per heavy atom. The van der Waals surface area contributed by atoms with E-state index in [2.05, 4.69) is 32.0 Å². The molecule has 2 rings (SSSR count). The Labute approximate surface area is 91.2 Å². The van der Waals surface area contributed by atoms with Crippen molar-refractivity contribution in [2.75, 3.05) is 13.2 Å². The summed E-state index contributed by atoms with van der Waals surface area (Å²) >= 11 is 0. The van der Waals surface area contributed by atoms with Gasteiger partial charge in [-0.2, -0.15) is 0 Å². The highest BCUT2D eigenvalue weighted by molar-refractivity contribution is 5.28. The molecule has 0 spiro atoms. The van der Waals surface area contributed by atoms with E-state index in [-0.39, 0.29) is 5.60 Å². The van der Waals surface area contributed by atoms with Crippen LogP contribution in [-0.2, 0) is 11.2 Å². The zero-order chi connectivity index (χ0) is 10.7. The number of aryl methyl sites for hydroxylation is 1. The predicted octanol–water partition coefficient (Wildman–Crippen LogP) is 2.81. The average molecular weight is 206 g/mol. The first-order chi connectivity index (χ1) is 7.22. The molecule has 1 unspecified atom stereocenters. The quantitative estimate of drug-likeness (QED) is 0.691. The Morgan fingerprint density at radius 2 is 2.27 bits per heavy atom. The number of epoxide rings is 1. The predicted molar refractivity (Wildman–Crippen MR) is 60.3 cm³/mol. The summed E-state index contributed by atoms with van der Waals surface area (Å²) in [5, 5.41) is 0. The molecule has 0 saturated carbocycles. The molecular formula is C13H18O2. The molecule has 1 fully saturated rings. The molecule has 0 amide bonds. The lowest BCUT2D eigenvalue weighted by Gasteiger charge is -2.09. The molecule has 0 N–H and O–H groups in total. The first-order valence-electron chi connectivity index (χ1n) is 5.57. The minimum Gasteiger partial charge on any atom is -0.490 e. The van der Waals surface area contributed by atoms with E-state index in [1.807, 2.05) is 6.07 Å². The molecular weight excluding hydrogens is 188 g/mol. The van der Waals surface area contributed by atoms with Crippen molar-refractivity contribution in [3.63, 3.8) is 0 Å². The van der Waals surface area contributed by atoms with Crippen molar-refractivity contribution in [2.24, 2.45) is 0 Å². The SMILES string of the molecule is CCCc1cccc(OCC2(C)CO2)c1. The van der Waals surface area contributed by atoms with E-state index in [0.717, 1.165) is 18.8 Å². The van der Waals surface area contributed by atoms with Crippen molar-refractivity contribution in [3.8, 4) is 5.75 Å². The van der Waals surface area contributed by atoms with Gasteiger partial charge in [-0.3, -0.25) is 0 Å². The normalized spacial score (nSPS) is 23.9. The molecule has 2 heteroatoms. The number of hydrogen-bond acceptors (Lipinski definition) is 2. The zero-order valence-corrected chi connectivity index (χ0v) is 9.45. The second kappa shape index (κ2) is 4.23. The van der Waals surface area contributed by atoms with Crippen LogP contribution in [0.3, 0.4) is 0 Å². The minimum absolute atomic E-state index is 0.0270. The summed E-state index contributed by atoms with van der Waals surface area (Å²) in [6.45, 7) is 5.74. The minimum atomic E-state index is -0.0270. The molecule has 1 aliphatic rings. The van der Waals surface area contributed by atoms with Gasteiger partial charge < -0.3 is 9.47 Å². The van der Waals surface area contributed by atoms with Gasteiger partial charge in [-0.05, 0) is 31.0 Å². The van der Waals surface area contributed by atoms with Crippen LogP contribution in [0.4, 0.5) is 0 Å². The number of rotatable bonds is 5. The van der Waals surface area contributed by atoms with Crippen LogP contribution >= 0.6 is 0 Å². The second-order valence-electron chi connectivity index (χ2n) is 4.42. The van der Waals surface area contributed by atoms with Crippen molar-refractivity contribution < 1.29 is 9.47 Å². The summed E-state index contributed by atoms with van der Waals surface area (Å²) in [6.07, 6.45) is 2.29. The lowest BCUT2D eigenvalue weighted by Crippen LogP contribution is -2.16. The third-order valence-electron chi connectivity index (χ3n) is 2.62. The molecule has 2 nitrogen and oxygen atoms in total. The van der Waals surface area contributed by atoms with Crippen LogP contribution in [0, 0.1) is 0 Å². The van der Waals surface area contributed by atoms with Crippen LogP contribution in [0.15, 0.2) is 24.3 Å². The van der Waals surface area contributed by atoms with Gasteiger partial charge in [0.25, 0.3) is 0 Å². The summed E-state index contributed by atoms with van der Waals surface area (Å²) in [5.41, 5.74) is 1.32. The Morgan fingerprint density at radius 1 is 1.47 bits per heavy atom. The van der Waals surface area contributed by atoms with Gasteiger partial charge in [-0.1, -0.05) is 25.5 Å². The van der Waals surface area contributed by atoms with Gasteiger partial charge in [0.15, 0.2) is 0 Å². The van der Waals surface area contributed by atoms with E-state index >= 15 is 0 Å². The molecule has 1 heterocycles. The van der Waals surface area contributed by atoms with Gasteiger partial charge >= 0.3 is 0 Å². The Balaban J connectivity index is 1.92. The molecule has 0 radical (unpaired) electrons. The molecule has 1 saturated heterocycles. The van der Waals surface area contributed by atoms with Crippen LogP contribution in [0.1, 0.15) is 25.8 Å². The fourth-order valence-electron chi connectivity index (χ4n) is 1.52. The third-order valence-corrected chi connectivity index (χ3v) is 2.62. The van der Waals surface area contributed by atoms with Crippen molar-refractivity contribution in [1.82, 2.24) is 0 Å². The molecule has 1 aromatic rings. The summed E-state index contributed by atoms with van der Waals surface area (Å²) in [6, 6.07) is 8.32. The highest BCUT2D eigenvalue weighted by Crippen LogP contribution is 2.27. The molecule has 1 aliphatic heterocycles. The van der Waals surface area contributed by atoms with Crippen molar-refractivity contribution >= 4 is 0 Å². The number of ether oxygens (including phenoxy) is 2. The highest BCUT2D eigenvalue weighted by Gasteiger charge is 2.40. The molecule has 0 aliphatic carbocycles. The van der Waals surface area contributed by atoms with E-state index in [4.69, 9.17) is 9.47 Å². The van der Waals surface area contributed by atoms with Crippen molar-refractivity contribution in [2.45, 2.75) is 32.3 Å². The van der Waals surface area contributed by atoms with Gasteiger partial charge in [0.1, 0.15) is 18.0 Å². The molecule has 0 aromatic heterocycles. The van der Waals surface area contributed by atoms with E-state index < -0.39 is 0 Å². The average Bonchev–Trinajstić information content (AvgIpc) is 2.96. The van der Waals surface area contributed by atoms with Gasteiger partial charge in [0, 0.05) is 0 Å². The maximum Gasteiger partial charge on any atom is 0.123 e. The van der Waals surface area contributed by atoms with E-state index in [9.17, 15) is 0 Å². The summed E-state index contributed by atoms with van der Waals surface area (Å²) < 4.78 is 11.0. The van der Waals surface area contributed by atoms with E-state index in [0.29, 0.717) is 6.61 Å². The fourth-order valence-corrected chi connectivity index (χ4v) is 1.52. The number of hydrogen-bond donors (Lipinski definition) is 0. The Bertz CT molecular complexity index is 329. The molecule has 1 aromatic carbocycles. The summed E-state index contributed by atoms with van der Waals surface area (Å²) in [5.74, 6) is 0.956. The monoisotopic (exact) mass is 206 g/mol. The van der Waals surface area contributed by atoms with Gasteiger partial charge in [-0.25, -0.2) is 0 Å². The van der Waals surface area contributed by atoms with Crippen molar-refractivity contribution in [3.05, 3.63) is 29.8 Å². The second-order valence-corrected chi connectivity index (χ2v) is 4.42. The first-order valence-corrected chi connectivity index (χ1v) is 5.57. The standard InChI is InChI=1S/C13H18O2/c1-3-5-11-6-4-7-12(8-11)14-9-13(2)10-15-13/h4,6-8H,3,5,9-10H2,1-2H3. The maximum atomic E-state index is 5.69. The van der Waals surface area contributed by atoms with E-state index in [1.54, 1.807) is 0 Å². The van der Waals surface area contributed by atoms with Crippen LogP contribution in [0.2, 0.25) is 0 Å². The number of benzene rings is 1. The van der Waals surface area contributed by atoms with Crippen molar-refractivity contribution in [1.29, 1.82) is 0 Å². The maximum absolute atomic E-state index is 5.69. The van der Waals surface area contributed by atoms with Gasteiger partial charge in [0.2, 0.25) is 0 Å². The van der Waals surface area contributed by atoms with E-state index in [1.165, 1.54) is 12.0 Å². The first kappa shape index (κ1) is 10.5. The Kier molecular flexibility index (Phi) is 2.96. The third kappa shape index (κ3) is 2.96. The molecule has 82 valence electrons. The van der Waals surface area contributed by atoms with Crippen LogP contribution < -0.4 is 4.74 Å². The summed E-state index contributed by atoms with van der Waals surface area (Å²) in [4.78, 5) is 0. The van der Waals surface area contributed by atoms with Crippen LogP contribution in [-0.4, -0.2) is 18.8 Å². The smallest absolute Gasteiger partial charge is 0.123 e. The lowest BCUT2D eigenvalue weighted by atomic mass is 10.1. The highest BCUT2D eigenvalue weighted by atomic mass is 16.6. The summed E-state index contributed by atoms with van der Waals surface area (Å²) in [7, 11) is 0. The molecule has 1 atom stereocenters. The fraction of sp³-hybridized carbons (Fsp3) is 0.538. The Hall–Kier alpha value is -1.02. The zero-order valence-electron chi connectivity index (χ0n) is 9.45. The van der Waals surface area contributed by atoms with Gasteiger partial charge in [0.05, 0.1) is 6.61 Å². The van der Waals surface area contributed by atoms with Crippen LogP contribution in [0.25, 0.3) is 0 Å². The lowest BCUT2D eigenvalue weighted by molar-refractivity contribution is 0.202. The molecule has 15 heavy (non-hydrogen) atoms. The van der Waals surface area contributed by atoms with Crippen LogP contribution in [0.5, 0.6) is 5.75 Å². The topological polar surface area (TPSA) is 21.8 Å².